The lowest BCUT2D eigenvalue weighted by Gasteiger charge is -2.45. The quantitative estimate of drug-likeness (QED) is 0.225. The molecule has 0 unspecified atom stereocenters. The van der Waals surface area contributed by atoms with Gasteiger partial charge in [0.1, 0.15) is 30.5 Å². The Balaban J connectivity index is 2.24. The van der Waals surface area contributed by atoms with Crippen molar-refractivity contribution >= 4 is 11.9 Å². The predicted octanol–water partition coefficient (Wildman–Crippen LogP) is 0.840. The highest BCUT2D eigenvalue weighted by molar-refractivity contribution is 5.78. The molecule has 0 bridgehead atoms. The van der Waals surface area contributed by atoms with Crippen LogP contribution in [0.1, 0.15) is 18.9 Å². The summed E-state index contributed by atoms with van der Waals surface area (Å²) in [5.74, 6) is -3.74. The van der Waals surface area contributed by atoms with E-state index < -0.39 is 48.2 Å². The topological polar surface area (TPSA) is 170 Å². The van der Waals surface area contributed by atoms with E-state index in [-0.39, 0.29) is 19.6 Å². The summed E-state index contributed by atoms with van der Waals surface area (Å²) in [7, 11) is 2.27. The van der Waals surface area contributed by atoms with Crippen molar-refractivity contribution in [3.8, 4) is 0 Å². The zero-order valence-corrected chi connectivity index (χ0v) is 18.0. The molecule has 2 rings (SSSR count). The number of carbonyl (C=O) groups is 2. The van der Waals surface area contributed by atoms with Gasteiger partial charge in [-0.15, -0.1) is 0 Å². The SMILES string of the molecule is COC(=O)[C@]1(OC)C[C@H](OC(C)=O)[C@@H](N=[N+]=[N-])[C@H]([C@H](O)[C@H](O)COCc2ccccc2)O1. The maximum absolute atomic E-state index is 12.4. The maximum Gasteiger partial charge on any atom is 0.366 e. The van der Waals surface area contributed by atoms with Gasteiger partial charge in [0.05, 0.1) is 26.7 Å². The van der Waals surface area contributed by atoms with Gasteiger partial charge in [0.2, 0.25) is 0 Å². The summed E-state index contributed by atoms with van der Waals surface area (Å²) >= 11 is 0. The first kappa shape index (κ1) is 25.5. The van der Waals surface area contributed by atoms with Gasteiger partial charge in [0.25, 0.3) is 5.79 Å². The van der Waals surface area contributed by atoms with Gasteiger partial charge >= 0.3 is 11.9 Å². The van der Waals surface area contributed by atoms with Gasteiger partial charge in [-0.05, 0) is 11.1 Å². The van der Waals surface area contributed by atoms with Crippen LogP contribution in [0.4, 0.5) is 0 Å². The largest absolute Gasteiger partial charge is 0.465 e. The number of methoxy groups -OCH3 is 2. The molecule has 1 saturated heterocycles. The molecule has 0 aliphatic carbocycles. The molecule has 32 heavy (non-hydrogen) atoms. The molecule has 1 aromatic rings. The fraction of sp³-hybridized carbons (Fsp3) is 0.600. The van der Waals surface area contributed by atoms with Crippen LogP contribution in [-0.2, 0) is 39.9 Å². The van der Waals surface area contributed by atoms with Crippen LogP contribution in [-0.4, -0.2) is 79.2 Å². The van der Waals surface area contributed by atoms with Crippen LogP contribution in [0, 0.1) is 0 Å². The molecule has 6 atom stereocenters. The average Bonchev–Trinajstić information content (AvgIpc) is 2.79. The van der Waals surface area contributed by atoms with E-state index in [4.69, 9.17) is 29.2 Å². The van der Waals surface area contributed by atoms with Crippen LogP contribution in [0.25, 0.3) is 10.4 Å². The van der Waals surface area contributed by atoms with Crippen molar-refractivity contribution in [3.05, 3.63) is 46.3 Å². The fourth-order valence-corrected chi connectivity index (χ4v) is 3.42. The van der Waals surface area contributed by atoms with Gasteiger partial charge in [-0.3, -0.25) is 4.79 Å². The van der Waals surface area contributed by atoms with Gasteiger partial charge in [0, 0.05) is 18.9 Å². The third-order valence-corrected chi connectivity index (χ3v) is 4.97. The van der Waals surface area contributed by atoms with Crippen LogP contribution in [0.3, 0.4) is 0 Å². The van der Waals surface area contributed by atoms with Gasteiger partial charge in [0.15, 0.2) is 0 Å². The molecule has 1 aliphatic heterocycles. The monoisotopic (exact) mass is 453 g/mol. The molecular formula is C20H27N3O9. The Hall–Kier alpha value is -2.73. The highest BCUT2D eigenvalue weighted by Crippen LogP contribution is 2.36. The number of benzene rings is 1. The molecular weight excluding hydrogens is 426 g/mol. The van der Waals surface area contributed by atoms with Crippen LogP contribution in [0.15, 0.2) is 35.4 Å². The Morgan fingerprint density at radius 2 is 2.00 bits per heavy atom. The van der Waals surface area contributed by atoms with E-state index in [9.17, 15) is 19.8 Å². The zero-order valence-electron chi connectivity index (χ0n) is 18.0. The van der Waals surface area contributed by atoms with Crippen molar-refractivity contribution in [2.45, 2.75) is 56.2 Å². The van der Waals surface area contributed by atoms with E-state index in [1.807, 2.05) is 30.3 Å². The molecule has 0 radical (unpaired) electrons. The molecule has 0 saturated carbocycles. The second kappa shape index (κ2) is 11.8. The molecule has 0 aromatic heterocycles. The van der Waals surface area contributed by atoms with E-state index in [0.717, 1.165) is 19.6 Å². The molecule has 1 aliphatic rings. The number of ether oxygens (including phenoxy) is 5. The minimum Gasteiger partial charge on any atom is -0.465 e. The normalized spacial score (nSPS) is 27.0. The molecule has 1 heterocycles. The predicted molar refractivity (Wildman–Crippen MR) is 108 cm³/mol. The molecule has 12 nitrogen and oxygen atoms in total. The summed E-state index contributed by atoms with van der Waals surface area (Å²) in [6.45, 7) is 1.01. The highest BCUT2D eigenvalue weighted by atomic mass is 16.7. The molecule has 1 fully saturated rings. The number of hydrogen-bond donors (Lipinski definition) is 2. The number of azide groups is 1. The first-order valence-electron chi connectivity index (χ1n) is 9.78. The minimum absolute atomic E-state index is 0.177. The van der Waals surface area contributed by atoms with Crippen molar-refractivity contribution in [2.24, 2.45) is 5.11 Å². The number of hydrogen-bond acceptors (Lipinski definition) is 10. The molecule has 2 N–H and O–H groups in total. The number of nitrogens with zero attached hydrogens (tertiary/aromatic N) is 3. The summed E-state index contributed by atoms with van der Waals surface area (Å²) < 4.78 is 26.3. The number of carbonyl (C=O) groups excluding carboxylic acids is 2. The van der Waals surface area contributed by atoms with E-state index in [1.54, 1.807) is 0 Å². The van der Waals surface area contributed by atoms with Crippen molar-refractivity contribution < 1.29 is 43.5 Å². The Morgan fingerprint density at radius 1 is 1.31 bits per heavy atom. The lowest BCUT2D eigenvalue weighted by Crippen LogP contribution is -2.64. The van der Waals surface area contributed by atoms with Gasteiger partial charge in [-0.1, -0.05) is 35.4 Å². The smallest absolute Gasteiger partial charge is 0.366 e. The lowest BCUT2D eigenvalue weighted by atomic mass is 9.89. The molecule has 176 valence electrons. The summed E-state index contributed by atoms with van der Waals surface area (Å²) in [6.07, 6.45) is -6.24. The fourth-order valence-electron chi connectivity index (χ4n) is 3.42. The van der Waals surface area contributed by atoms with Gasteiger partial charge in [-0.2, -0.15) is 0 Å². The zero-order chi connectivity index (χ0) is 23.7. The summed E-state index contributed by atoms with van der Waals surface area (Å²) in [5, 5.41) is 24.8. The first-order valence-corrected chi connectivity index (χ1v) is 9.78. The third-order valence-electron chi connectivity index (χ3n) is 4.97. The Morgan fingerprint density at radius 3 is 2.56 bits per heavy atom. The first-order chi connectivity index (χ1) is 15.3. The second-order valence-electron chi connectivity index (χ2n) is 7.14. The minimum atomic E-state index is -2.06. The third kappa shape index (κ3) is 6.16. The van der Waals surface area contributed by atoms with Crippen molar-refractivity contribution in [1.29, 1.82) is 0 Å². The maximum atomic E-state index is 12.4. The summed E-state index contributed by atoms with van der Waals surface area (Å²) in [6, 6.07) is 7.90. The Kier molecular flexibility index (Phi) is 9.39. The van der Waals surface area contributed by atoms with Crippen LogP contribution >= 0.6 is 0 Å². The lowest BCUT2D eigenvalue weighted by molar-refractivity contribution is -0.304. The number of aliphatic hydroxyl groups is 2. The van der Waals surface area contributed by atoms with Crippen molar-refractivity contribution in [2.75, 3.05) is 20.8 Å². The molecule has 0 amide bonds. The van der Waals surface area contributed by atoms with Gasteiger partial charge in [-0.25, -0.2) is 4.79 Å². The van der Waals surface area contributed by atoms with Crippen molar-refractivity contribution in [1.82, 2.24) is 0 Å². The van der Waals surface area contributed by atoms with E-state index in [0.29, 0.717) is 0 Å². The van der Waals surface area contributed by atoms with E-state index >= 15 is 0 Å². The van der Waals surface area contributed by atoms with E-state index in [2.05, 4.69) is 10.0 Å². The van der Waals surface area contributed by atoms with Crippen molar-refractivity contribution in [3.63, 3.8) is 0 Å². The standard InChI is InChI=1S/C20H27N3O9/c1-12(24)31-15-9-20(29-3,19(27)28-2)32-18(16(15)22-23-21)17(26)14(25)11-30-10-13-7-5-4-6-8-13/h4-8,14-18,25-26H,9-11H2,1-3H3/t14-,15+,16-,17-,18-,20+/m1/s1. The number of rotatable bonds is 10. The van der Waals surface area contributed by atoms with Gasteiger partial charge < -0.3 is 33.9 Å². The molecule has 1 aromatic carbocycles. The van der Waals surface area contributed by atoms with Crippen LogP contribution < -0.4 is 0 Å². The molecule has 0 spiro atoms. The number of esters is 2. The highest BCUT2D eigenvalue weighted by Gasteiger charge is 2.56. The number of aliphatic hydroxyl groups excluding tert-OH is 2. The van der Waals surface area contributed by atoms with E-state index in [1.165, 1.54) is 7.11 Å². The van der Waals surface area contributed by atoms with Crippen LogP contribution in [0.2, 0.25) is 0 Å². The Bertz CT molecular complexity index is 818. The van der Waals surface area contributed by atoms with Crippen LogP contribution in [0.5, 0.6) is 0 Å². The second-order valence-corrected chi connectivity index (χ2v) is 7.14. The summed E-state index contributed by atoms with van der Waals surface area (Å²) in [4.78, 5) is 26.7. The Labute approximate surface area is 184 Å². The molecule has 12 heteroatoms. The average molecular weight is 453 g/mol. The summed E-state index contributed by atoms with van der Waals surface area (Å²) in [5.41, 5.74) is 9.84.